The fourth-order valence-electron chi connectivity index (χ4n) is 2.98. The Hall–Kier alpha value is -3.06. The molecule has 1 aliphatic rings. The second kappa shape index (κ2) is 7.47. The summed E-state index contributed by atoms with van der Waals surface area (Å²) in [5.41, 5.74) is 7.66. The SMILES string of the molecule is C=C/C=C\C=C1/Cc2ccc(N/C=C/C=C)cc2-c2ccccc21. The molecule has 0 atom stereocenters. The molecule has 1 nitrogen and oxygen atoms in total. The molecule has 3 rings (SSSR count). The van der Waals surface area contributed by atoms with Crippen molar-refractivity contribution >= 4 is 11.3 Å². The number of hydrogen-bond acceptors (Lipinski definition) is 1. The third-order valence-corrected chi connectivity index (χ3v) is 4.08. The number of fused-ring (bicyclic) bond motifs is 3. The van der Waals surface area contributed by atoms with Crippen molar-refractivity contribution in [3.63, 3.8) is 0 Å². The van der Waals surface area contributed by atoms with Gasteiger partial charge in [0.25, 0.3) is 0 Å². The van der Waals surface area contributed by atoms with Gasteiger partial charge in [-0.25, -0.2) is 0 Å². The molecule has 0 radical (unpaired) electrons. The largest absolute Gasteiger partial charge is 0.362 e. The number of anilines is 1. The number of benzene rings is 2. The smallest absolute Gasteiger partial charge is 0.0386 e. The Kier molecular flexibility index (Phi) is 4.93. The van der Waals surface area contributed by atoms with Gasteiger partial charge in [0, 0.05) is 11.9 Å². The molecule has 118 valence electrons. The van der Waals surface area contributed by atoms with E-state index in [1.165, 1.54) is 27.8 Å². The van der Waals surface area contributed by atoms with Gasteiger partial charge in [-0.3, -0.25) is 0 Å². The zero-order chi connectivity index (χ0) is 16.8. The van der Waals surface area contributed by atoms with Gasteiger partial charge in [0.2, 0.25) is 0 Å². The molecule has 0 aromatic heterocycles. The molecule has 1 aliphatic carbocycles. The number of nitrogens with one attached hydrogen (secondary N) is 1. The van der Waals surface area contributed by atoms with Crippen LogP contribution in [0, 0.1) is 0 Å². The highest BCUT2D eigenvalue weighted by Gasteiger charge is 2.19. The second-order valence-corrected chi connectivity index (χ2v) is 5.65. The van der Waals surface area contributed by atoms with Gasteiger partial charge in [-0.05, 0) is 52.5 Å². The lowest BCUT2D eigenvalue weighted by molar-refractivity contribution is 1.25. The van der Waals surface area contributed by atoms with E-state index in [1.807, 2.05) is 18.4 Å². The van der Waals surface area contributed by atoms with Crippen molar-refractivity contribution in [2.45, 2.75) is 6.42 Å². The summed E-state index contributed by atoms with van der Waals surface area (Å²) < 4.78 is 0. The van der Waals surface area contributed by atoms with Crippen LogP contribution in [0.4, 0.5) is 5.69 Å². The van der Waals surface area contributed by atoms with Crippen LogP contribution in [-0.4, -0.2) is 0 Å². The summed E-state index contributed by atoms with van der Waals surface area (Å²) >= 11 is 0. The van der Waals surface area contributed by atoms with Crippen LogP contribution in [0.25, 0.3) is 16.7 Å². The molecule has 2 aromatic rings. The summed E-state index contributed by atoms with van der Waals surface area (Å²) in [5.74, 6) is 0. The van der Waals surface area contributed by atoms with Gasteiger partial charge in [0.05, 0.1) is 0 Å². The molecular formula is C23H21N. The first-order valence-electron chi connectivity index (χ1n) is 8.08. The van der Waals surface area contributed by atoms with Gasteiger partial charge in [-0.15, -0.1) is 0 Å². The number of allylic oxidation sites excluding steroid dienone is 7. The van der Waals surface area contributed by atoms with Crippen molar-refractivity contribution in [3.05, 3.63) is 109 Å². The molecule has 0 fully saturated rings. The Bertz CT molecular complexity index is 850. The second-order valence-electron chi connectivity index (χ2n) is 5.65. The number of rotatable bonds is 5. The van der Waals surface area contributed by atoms with Gasteiger partial charge in [-0.2, -0.15) is 0 Å². The Morgan fingerprint density at radius 2 is 1.62 bits per heavy atom. The zero-order valence-corrected chi connectivity index (χ0v) is 13.7. The monoisotopic (exact) mass is 311 g/mol. The fourth-order valence-corrected chi connectivity index (χ4v) is 2.98. The molecular weight excluding hydrogens is 290 g/mol. The van der Waals surface area contributed by atoms with Crippen molar-refractivity contribution in [1.82, 2.24) is 0 Å². The predicted molar refractivity (Wildman–Crippen MR) is 106 cm³/mol. The van der Waals surface area contributed by atoms with Crippen molar-refractivity contribution in [2.24, 2.45) is 0 Å². The van der Waals surface area contributed by atoms with Crippen LogP contribution in [0.2, 0.25) is 0 Å². The van der Waals surface area contributed by atoms with Gasteiger partial charge >= 0.3 is 0 Å². The zero-order valence-electron chi connectivity index (χ0n) is 13.7. The molecule has 0 heterocycles. The minimum atomic E-state index is 0.941. The molecule has 0 amide bonds. The minimum Gasteiger partial charge on any atom is -0.362 e. The van der Waals surface area contributed by atoms with E-state index in [9.17, 15) is 0 Å². The highest BCUT2D eigenvalue weighted by atomic mass is 14.8. The summed E-state index contributed by atoms with van der Waals surface area (Å²) in [7, 11) is 0. The molecule has 0 saturated carbocycles. The predicted octanol–water partition coefficient (Wildman–Crippen LogP) is 6.15. The van der Waals surface area contributed by atoms with Crippen LogP contribution in [0.5, 0.6) is 0 Å². The Balaban J connectivity index is 2.03. The standard InChI is InChI=1S/C23H21N/c1-3-5-7-10-18-16-19-13-14-20(24-15-6-4-2)17-23(19)22-12-9-8-11-21(18)22/h3-15,17,24H,1-2,16H2/b7-5-,15-6+,18-10+. The molecule has 0 saturated heterocycles. The van der Waals surface area contributed by atoms with E-state index in [0.29, 0.717) is 0 Å². The van der Waals surface area contributed by atoms with Crippen LogP contribution in [-0.2, 0) is 6.42 Å². The average molecular weight is 311 g/mol. The Morgan fingerprint density at radius 3 is 2.42 bits per heavy atom. The van der Waals surface area contributed by atoms with E-state index in [0.717, 1.165) is 12.1 Å². The van der Waals surface area contributed by atoms with E-state index in [4.69, 9.17) is 0 Å². The van der Waals surface area contributed by atoms with Gasteiger partial charge in [0.1, 0.15) is 0 Å². The lowest BCUT2D eigenvalue weighted by atomic mass is 9.82. The lowest BCUT2D eigenvalue weighted by Gasteiger charge is -2.23. The maximum absolute atomic E-state index is 3.73. The lowest BCUT2D eigenvalue weighted by Crippen LogP contribution is -2.03. The molecule has 24 heavy (non-hydrogen) atoms. The summed E-state index contributed by atoms with van der Waals surface area (Å²) in [6, 6.07) is 15.1. The molecule has 0 spiro atoms. The summed E-state index contributed by atoms with van der Waals surface area (Å²) in [4.78, 5) is 0. The maximum Gasteiger partial charge on any atom is 0.0386 e. The summed E-state index contributed by atoms with van der Waals surface area (Å²) in [6.07, 6.45) is 14.5. The highest BCUT2D eigenvalue weighted by molar-refractivity contribution is 5.90. The van der Waals surface area contributed by atoms with Crippen LogP contribution < -0.4 is 5.32 Å². The molecule has 0 bridgehead atoms. The van der Waals surface area contributed by atoms with E-state index in [1.54, 1.807) is 12.2 Å². The molecule has 0 aliphatic heterocycles. The molecule has 2 aromatic carbocycles. The van der Waals surface area contributed by atoms with E-state index >= 15 is 0 Å². The van der Waals surface area contributed by atoms with Crippen molar-refractivity contribution in [3.8, 4) is 11.1 Å². The molecule has 0 unspecified atom stereocenters. The van der Waals surface area contributed by atoms with Gasteiger partial charge < -0.3 is 5.32 Å². The topological polar surface area (TPSA) is 12.0 Å². The van der Waals surface area contributed by atoms with E-state index in [-0.39, 0.29) is 0 Å². The number of hydrogen-bond donors (Lipinski definition) is 1. The fraction of sp³-hybridized carbons (Fsp3) is 0.0435. The van der Waals surface area contributed by atoms with Crippen molar-refractivity contribution in [2.75, 3.05) is 5.32 Å². The van der Waals surface area contributed by atoms with Gasteiger partial charge in [-0.1, -0.05) is 73.9 Å². The van der Waals surface area contributed by atoms with E-state index in [2.05, 4.69) is 73.1 Å². The van der Waals surface area contributed by atoms with Crippen molar-refractivity contribution < 1.29 is 0 Å². The summed E-state index contributed by atoms with van der Waals surface area (Å²) in [6.45, 7) is 7.42. The highest BCUT2D eigenvalue weighted by Crippen LogP contribution is 2.40. The molecule has 1 heteroatoms. The first-order chi connectivity index (χ1) is 11.8. The normalized spacial score (nSPS) is 14.6. The third-order valence-electron chi connectivity index (χ3n) is 4.08. The van der Waals surface area contributed by atoms with Crippen LogP contribution in [0.15, 0.2) is 98.3 Å². The summed E-state index contributed by atoms with van der Waals surface area (Å²) in [5, 5.41) is 3.29. The minimum absolute atomic E-state index is 0.941. The quantitative estimate of drug-likeness (QED) is 0.653. The Morgan fingerprint density at radius 1 is 0.833 bits per heavy atom. The van der Waals surface area contributed by atoms with Crippen molar-refractivity contribution in [1.29, 1.82) is 0 Å². The molecule has 1 N–H and O–H groups in total. The van der Waals surface area contributed by atoms with Crippen LogP contribution in [0.3, 0.4) is 0 Å². The average Bonchev–Trinajstić information content (AvgIpc) is 2.62. The van der Waals surface area contributed by atoms with E-state index < -0.39 is 0 Å². The third kappa shape index (κ3) is 3.31. The first-order valence-corrected chi connectivity index (χ1v) is 8.08. The van der Waals surface area contributed by atoms with Crippen LogP contribution in [0.1, 0.15) is 11.1 Å². The Labute approximate surface area is 144 Å². The maximum atomic E-state index is 3.73. The van der Waals surface area contributed by atoms with Gasteiger partial charge in [0.15, 0.2) is 0 Å². The van der Waals surface area contributed by atoms with Crippen LogP contribution >= 0.6 is 0 Å². The first kappa shape index (κ1) is 15.8.